The summed E-state index contributed by atoms with van der Waals surface area (Å²) in [6, 6.07) is 0. The molecule has 0 heterocycles. The Labute approximate surface area is 195 Å². The highest BCUT2D eigenvalue weighted by molar-refractivity contribution is 6.74. The first-order valence-electron chi connectivity index (χ1n) is 13.1. The molecule has 0 saturated heterocycles. The summed E-state index contributed by atoms with van der Waals surface area (Å²) in [6.07, 6.45) is 18.0. The van der Waals surface area contributed by atoms with Gasteiger partial charge >= 0.3 is 5.97 Å². The van der Waals surface area contributed by atoms with Gasteiger partial charge in [-0.05, 0) is 24.6 Å². The molecule has 31 heavy (non-hydrogen) atoms. The van der Waals surface area contributed by atoms with Gasteiger partial charge in [-0.1, -0.05) is 111 Å². The van der Waals surface area contributed by atoms with Crippen molar-refractivity contribution in [3.8, 4) is 0 Å². The van der Waals surface area contributed by atoms with Crippen LogP contribution in [0.3, 0.4) is 0 Å². The van der Waals surface area contributed by atoms with Crippen molar-refractivity contribution in [2.75, 3.05) is 13.2 Å². The maximum absolute atomic E-state index is 11.9. The molecule has 0 bridgehead atoms. The highest BCUT2D eigenvalue weighted by Gasteiger charge is 2.37. The smallest absolute Gasteiger partial charge is 0.305 e. The van der Waals surface area contributed by atoms with E-state index in [0.29, 0.717) is 6.42 Å². The van der Waals surface area contributed by atoms with Gasteiger partial charge in [0.25, 0.3) is 0 Å². The summed E-state index contributed by atoms with van der Waals surface area (Å²) in [4.78, 5) is 11.9. The van der Waals surface area contributed by atoms with E-state index in [1.54, 1.807) is 0 Å². The topological polar surface area (TPSA) is 55.8 Å². The number of hydrogen-bond acceptors (Lipinski definition) is 4. The van der Waals surface area contributed by atoms with Gasteiger partial charge < -0.3 is 14.3 Å². The van der Waals surface area contributed by atoms with E-state index < -0.39 is 14.4 Å². The molecule has 0 rings (SSSR count). The number of hydrogen-bond donors (Lipinski definition) is 1. The van der Waals surface area contributed by atoms with Crippen molar-refractivity contribution < 1.29 is 19.1 Å². The Hall–Kier alpha value is -0.393. The second-order valence-electron chi connectivity index (χ2n) is 10.8. The minimum absolute atomic E-state index is 0.0338. The fraction of sp³-hybridized carbons (Fsp3) is 0.962. The number of aliphatic hydroxyl groups excluding tert-OH is 1. The summed E-state index contributed by atoms with van der Waals surface area (Å²) >= 11 is 0. The number of carbonyl (C=O) groups excluding carboxylic acids is 1. The van der Waals surface area contributed by atoms with Gasteiger partial charge in [-0.2, -0.15) is 0 Å². The fourth-order valence-corrected chi connectivity index (χ4v) is 4.34. The molecule has 186 valence electrons. The minimum Gasteiger partial charge on any atom is -0.463 e. The highest BCUT2D eigenvalue weighted by atomic mass is 28.4. The summed E-state index contributed by atoms with van der Waals surface area (Å²) in [7, 11) is -1.88. The van der Waals surface area contributed by atoms with Gasteiger partial charge in [-0.25, -0.2) is 0 Å². The minimum atomic E-state index is -1.88. The maximum Gasteiger partial charge on any atom is 0.305 e. The molecule has 4 nitrogen and oxygen atoms in total. The van der Waals surface area contributed by atoms with Crippen molar-refractivity contribution >= 4 is 14.3 Å². The molecule has 0 spiro atoms. The zero-order valence-electron chi connectivity index (χ0n) is 21.8. The second-order valence-corrected chi connectivity index (χ2v) is 15.6. The lowest BCUT2D eigenvalue weighted by Gasteiger charge is -2.36. The van der Waals surface area contributed by atoms with Crippen LogP contribution in [0.15, 0.2) is 0 Å². The molecule has 1 atom stereocenters. The lowest BCUT2D eigenvalue weighted by Crippen LogP contribution is -2.43. The van der Waals surface area contributed by atoms with E-state index >= 15 is 0 Å². The molecule has 0 amide bonds. The molecule has 0 unspecified atom stereocenters. The van der Waals surface area contributed by atoms with Crippen molar-refractivity contribution in [1.29, 1.82) is 0 Å². The van der Waals surface area contributed by atoms with Gasteiger partial charge in [-0.15, -0.1) is 0 Å². The van der Waals surface area contributed by atoms with Crippen molar-refractivity contribution in [3.05, 3.63) is 0 Å². The molecule has 0 aromatic rings. The van der Waals surface area contributed by atoms with Crippen molar-refractivity contribution in [1.82, 2.24) is 0 Å². The number of esters is 1. The van der Waals surface area contributed by atoms with Crippen LogP contribution in [-0.2, 0) is 14.0 Å². The van der Waals surface area contributed by atoms with E-state index in [2.05, 4.69) is 40.8 Å². The van der Waals surface area contributed by atoms with E-state index in [1.807, 2.05) is 0 Å². The quantitative estimate of drug-likeness (QED) is 0.115. The Balaban J connectivity index is 3.49. The Morgan fingerprint density at radius 1 is 0.774 bits per heavy atom. The van der Waals surface area contributed by atoms with E-state index in [4.69, 9.17) is 9.16 Å². The molecule has 0 aromatic carbocycles. The average Bonchev–Trinajstić information content (AvgIpc) is 2.70. The molecular weight excluding hydrogens is 404 g/mol. The molecule has 0 aliphatic carbocycles. The van der Waals surface area contributed by atoms with Crippen LogP contribution in [0, 0.1) is 0 Å². The summed E-state index contributed by atoms with van der Waals surface area (Å²) in [5.74, 6) is -0.203. The van der Waals surface area contributed by atoms with Gasteiger partial charge in [0.05, 0.1) is 6.61 Å². The Bertz CT molecular complexity index is 432. The van der Waals surface area contributed by atoms with Crippen LogP contribution in [0.5, 0.6) is 0 Å². The number of ether oxygens (including phenoxy) is 1. The number of carbonyl (C=O) groups is 1. The lowest BCUT2D eigenvalue weighted by molar-refractivity contribution is -0.147. The van der Waals surface area contributed by atoms with E-state index in [0.717, 1.165) is 12.8 Å². The monoisotopic (exact) mass is 458 g/mol. The molecule has 0 aliphatic heterocycles. The first-order chi connectivity index (χ1) is 14.6. The third-order valence-corrected chi connectivity index (χ3v) is 11.1. The third kappa shape index (κ3) is 17.8. The molecule has 0 fully saturated rings. The van der Waals surface area contributed by atoms with Crippen LogP contribution in [0.1, 0.15) is 124 Å². The molecule has 0 saturated carbocycles. The first-order valence-corrected chi connectivity index (χ1v) is 16.0. The van der Waals surface area contributed by atoms with Crippen LogP contribution in [-0.4, -0.2) is 38.7 Å². The number of rotatable bonds is 20. The number of unbranched alkanes of at least 4 members (excludes halogenated alkanes) is 13. The predicted molar refractivity (Wildman–Crippen MR) is 135 cm³/mol. The Morgan fingerprint density at radius 2 is 1.19 bits per heavy atom. The lowest BCUT2D eigenvalue weighted by atomic mass is 10.0. The Kier molecular flexibility index (Phi) is 17.9. The number of aliphatic hydroxyl groups is 1. The van der Waals surface area contributed by atoms with E-state index in [-0.39, 0.29) is 24.2 Å². The van der Waals surface area contributed by atoms with Gasteiger partial charge in [-0.3, -0.25) is 4.79 Å². The zero-order valence-corrected chi connectivity index (χ0v) is 22.8. The van der Waals surface area contributed by atoms with Gasteiger partial charge in [0.2, 0.25) is 0 Å². The van der Waals surface area contributed by atoms with Crippen molar-refractivity contribution in [2.45, 2.75) is 148 Å². The Morgan fingerprint density at radius 3 is 1.61 bits per heavy atom. The van der Waals surface area contributed by atoms with Gasteiger partial charge in [0.1, 0.15) is 12.7 Å². The maximum atomic E-state index is 11.9. The molecule has 1 N–H and O–H groups in total. The molecule has 0 aromatic heterocycles. The van der Waals surface area contributed by atoms with Crippen LogP contribution in [0.25, 0.3) is 0 Å². The standard InChI is InChI=1S/C26H54O4Si/c1-7-8-9-10-11-12-13-14-15-16-17-18-19-20-21-25(28)29-22-24(27)23-30-31(5,6)26(2,3)4/h24,27H,7-23H2,1-6H3/t24-/m0/s1. The first kappa shape index (κ1) is 30.6. The summed E-state index contributed by atoms with van der Waals surface area (Å²) in [5.41, 5.74) is 0. The van der Waals surface area contributed by atoms with Gasteiger partial charge in [0.15, 0.2) is 8.32 Å². The highest BCUT2D eigenvalue weighted by Crippen LogP contribution is 2.36. The van der Waals surface area contributed by atoms with Crippen LogP contribution >= 0.6 is 0 Å². The molecule has 0 radical (unpaired) electrons. The molecule has 0 aliphatic rings. The molecular formula is C26H54O4Si. The SMILES string of the molecule is CCCCCCCCCCCCCCCCC(=O)OC[C@H](O)CO[Si](C)(C)C(C)(C)C. The average molecular weight is 459 g/mol. The van der Waals surface area contributed by atoms with Gasteiger partial charge in [0, 0.05) is 6.42 Å². The van der Waals surface area contributed by atoms with Crippen LogP contribution in [0.2, 0.25) is 18.1 Å². The summed E-state index contributed by atoms with van der Waals surface area (Å²) in [5, 5.41) is 10.1. The second kappa shape index (κ2) is 18.1. The van der Waals surface area contributed by atoms with E-state index in [1.165, 1.54) is 77.0 Å². The van der Waals surface area contributed by atoms with Crippen molar-refractivity contribution in [3.63, 3.8) is 0 Å². The third-order valence-electron chi connectivity index (χ3n) is 6.61. The van der Waals surface area contributed by atoms with Crippen molar-refractivity contribution in [2.24, 2.45) is 0 Å². The molecule has 5 heteroatoms. The summed E-state index contributed by atoms with van der Waals surface area (Å²) < 4.78 is 11.2. The fourth-order valence-electron chi connectivity index (χ4n) is 3.29. The zero-order chi connectivity index (χ0) is 23.6. The van der Waals surface area contributed by atoms with Crippen LogP contribution < -0.4 is 0 Å². The van der Waals surface area contributed by atoms with Crippen LogP contribution in [0.4, 0.5) is 0 Å². The van der Waals surface area contributed by atoms with E-state index in [9.17, 15) is 9.90 Å². The summed E-state index contributed by atoms with van der Waals surface area (Å²) in [6.45, 7) is 13.4. The predicted octanol–water partition coefficient (Wildman–Crippen LogP) is 7.78. The normalized spacial score (nSPS) is 13.4. The largest absolute Gasteiger partial charge is 0.463 e.